The lowest BCUT2D eigenvalue weighted by atomic mass is 10.0. The van der Waals surface area contributed by atoms with Crippen molar-refractivity contribution in [3.8, 4) is 0 Å². The molecule has 0 aliphatic rings. The third-order valence-corrected chi connectivity index (χ3v) is 5.55. The Kier molecular flexibility index (Phi) is 4.73. The number of thiophene rings is 1. The zero-order valence-electron chi connectivity index (χ0n) is 15.0. The lowest BCUT2D eigenvalue weighted by Crippen LogP contribution is -2.29. The molecule has 0 saturated heterocycles. The molecule has 1 amide bonds. The van der Waals surface area contributed by atoms with Gasteiger partial charge in [0.2, 0.25) is 5.91 Å². The normalized spacial score (nSPS) is 11.1. The Morgan fingerprint density at radius 1 is 1.11 bits per heavy atom. The van der Waals surface area contributed by atoms with Gasteiger partial charge in [0.1, 0.15) is 4.83 Å². The Morgan fingerprint density at radius 3 is 2.81 bits per heavy atom. The Labute approximate surface area is 160 Å². The summed E-state index contributed by atoms with van der Waals surface area (Å²) in [7, 11) is 1.80. The number of rotatable bonds is 5. The number of fused-ring (bicyclic) bond motifs is 2. The zero-order chi connectivity index (χ0) is 18.8. The fourth-order valence-corrected chi connectivity index (χ4v) is 3.96. The molecule has 0 atom stereocenters. The van der Waals surface area contributed by atoms with E-state index < -0.39 is 0 Å². The molecule has 2 aromatic heterocycles. The van der Waals surface area contributed by atoms with E-state index in [1.807, 2.05) is 29.6 Å². The van der Waals surface area contributed by atoms with E-state index in [2.05, 4.69) is 23.2 Å². The number of benzene rings is 2. The second-order valence-electron chi connectivity index (χ2n) is 6.52. The van der Waals surface area contributed by atoms with Gasteiger partial charge in [-0.15, -0.1) is 11.3 Å². The van der Waals surface area contributed by atoms with Crippen LogP contribution in [-0.4, -0.2) is 27.4 Å². The predicted molar refractivity (Wildman–Crippen MR) is 109 cm³/mol. The van der Waals surface area contributed by atoms with Gasteiger partial charge in [0.25, 0.3) is 5.56 Å². The molecule has 4 aromatic rings. The van der Waals surface area contributed by atoms with Gasteiger partial charge >= 0.3 is 0 Å². The van der Waals surface area contributed by atoms with Gasteiger partial charge in [-0.1, -0.05) is 42.5 Å². The van der Waals surface area contributed by atoms with Crippen LogP contribution < -0.4 is 5.56 Å². The van der Waals surface area contributed by atoms with Crippen molar-refractivity contribution in [1.29, 1.82) is 0 Å². The molecule has 0 aliphatic carbocycles. The molecule has 0 spiro atoms. The van der Waals surface area contributed by atoms with Crippen LogP contribution in [0, 0.1) is 0 Å². The second-order valence-corrected chi connectivity index (χ2v) is 7.42. The summed E-state index contributed by atoms with van der Waals surface area (Å²) < 4.78 is 1.51. The van der Waals surface area contributed by atoms with Crippen LogP contribution in [-0.2, 0) is 17.9 Å². The summed E-state index contributed by atoms with van der Waals surface area (Å²) >= 11 is 1.44. The Bertz CT molecular complexity index is 1170. The number of amides is 1. The first-order valence-electron chi connectivity index (χ1n) is 8.77. The molecule has 0 radical (unpaired) electrons. The van der Waals surface area contributed by atoms with Gasteiger partial charge in [0.15, 0.2) is 0 Å². The van der Waals surface area contributed by atoms with E-state index in [1.54, 1.807) is 18.0 Å². The number of aryl methyl sites for hydroxylation is 1. The van der Waals surface area contributed by atoms with Crippen molar-refractivity contribution in [2.24, 2.45) is 0 Å². The van der Waals surface area contributed by atoms with Gasteiger partial charge in [0, 0.05) is 26.6 Å². The summed E-state index contributed by atoms with van der Waals surface area (Å²) in [6.07, 6.45) is 1.79. The van der Waals surface area contributed by atoms with Crippen LogP contribution in [0.2, 0.25) is 0 Å². The van der Waals surface area contributed by atoms with Crippen molar-refractivity contribution in [3.63, 3.8) is 0 Å². The molecule has 2 heterocycles. The first-order valence-corrected chi connectivity index (χ1v) is 9.65. The fraction of sp³-hybridized carbons (Fsp3) is 0.190. The minimum absolute atomic E-state index is 0.000231. The van der Waals surface area contributed by atoms with E-state index in [4.69, 9.17) is 0 Å². The molecule has 2 aromatic carbocycles. The van der Waals surface area contributed by atoms with Gasteiger partial charge in [-0.2, -0.15) is 0 Å². The van der Waals surface area contributed by atoms with Gasteiger partial charge in [-0.05, 0) is 27.8 Å². The lowest BCUT2D eigenvalue weighted by molar-refractivity contribution is -0.130. The average molecular weight is 377 g/mol. The molecule has 0 unspecified atom stereocenters. The summed E-state index contributed by atoms with van der Waals surface area (Å²) in [5.74, 6) is 0.000231. The number of aromatic nitrogens is 2. The Hall–Kier alpha value is -2.99. The van der Waals surface area contributed by atoms with Gasteiger partial charge in [-0.25, -0.2) is 4.98 Å². The molecule has 136 valence electrons. The Morgan fingerprint density at radius 2 is 1.93 bits per heavy atom. The summed E-state index contributed by atoms with van der Waals surface area (Å²) in [6, 6.07) is 16.1. The number of hydrogen-bond donors (Lipinski definition) is 0. The van der Waals surface area contributed by atoms with Crippen molar-refractivity contribution in [2.75, 3.05) is 7.05 Å². The van der Waals surface area contributed by atoms with E-state index >= 15 is 0 Å². The molecule has 5 nitrogen and oxygen atoms in total. The lowest BCUT2D eigenvalue weighted by Gasteiger charge is -2.19. The highest BCUT2D eigenvalue weighted by atomic mass is 32.1. The minimum atomic E-state index is -0.0919. The summed E-state index contributed by atoms with van der Waals surface area (Å²) in [5.41, 5.74) is 1.02. The van der Waals surface area contributed by atoms with Gasteiger partial charge in [-0.3, -0.25) is 14.2 Å². The van der Waals surface area contributed by atoms with Crippen LogP contribution in [0.4, 0.5) is 0 Å². The quantitative estimate of drug-likeness (QED) is 0.533. The van der Waals surface area contributed by atoms with Crippen LogP contribution in [0.1, 0.15) is 12.0 Å². The zero-order valence-corrected chi connectivity index (χ0v) is 15.8. The maximum Gasteiger partial charge on any atom is 0.262 e. The molecule has 0 bridgehead atoms. The van der Waals surface area contributed by atoms with Crippen LogP contribution in [0.3, 0.4) is 0 Å². The van der Waals surface area contributed by atoms with Crippen molar-refractivity contribution in [2.45, 2.75) is 19.5 Å². The van der Waals surface area contributed by atoms with Crippen molar-refractivity contribution in [1.82, 2.24) is 14.5 Å². The van der Waals surface area contributed by atoms with E-state index in [9.17, 15) is 9.59 Å². The SMILES string of the molecule is CN(Cc1cccc2ccccc12)C(=O)CCn1cnc2sccc2c1=O. The molecule has 4 rings (SSSR count). The number of hydrogen-bond acceptors (Lipinski definition) is 4. The van der Waals surface area contributed by atoms with Gasteiger partial charge in [0.05, 0.1) is 11.7 Å². The molecule has 0 saturated carbocycles. The largest absolute Gasteiger partial charge is 0.341 e. The fourth-order valence-electron chi connectivity index (χ4n) is 3.23. The van der Waals surface area contributed by atoms with Crippen LogP contribution in [0.25, 0.3) is 21.0 Å². The molecule has 6 heteroatoms. The maximum atomic E-state index is 12.6. The number of nitrogens with zero attached hydrogens (tertiary/aromatic N) is 3. The van der Waals surface area contributed by atoms with Crippen molar-refractivity contribution < 1.29 is 4.79 Å². The molecule has 0 fully saturated rings. The van der Waals surface area contributed by atoms with E-state index in [1.165, 1.54) is 22.2 Å². The smallest absolute Gasteiger partial charge is 0.262 e. The van der Waals surface area contributed by atoms with Crippen LogP contribution >= 0.6 is 11.3 Å². The number of carbonyl (C=O) groups excluding carboxylic acids is 1. The maximum absolute atomic E-state index is 12.6. The second kappa shape index (κ2) is 7.32. The van der Waals surface area contributed by atoms with E-state index in [0.717, 1.165) is 21.2 Å². The molecular formula is C21H19N3O2S. The highest BCUT2D eigenvalue weighted by molar-refractivity contribution is 7.16. The predicted octanol–water partition coefficient (Wildman–Crippen LogP) is 3.66. The third kappa shape index (κ3) is 3.48. The highest BCUT2D eigenvalue weighted by Crippen LogP contribution is 2.20. The first kappa shape index (κ1) is 17.4. The van der Waals surface area contributed by atoms with Crippen molar-refractivity contribution in [3.05, 3.63) is 76.2 Å². The summed E-state index contributed by atoms with van der Waals surface area (Å²) in [5, 5.41) is 4.78. The van der Waals surface area contributed by atoms with Crippen LogP contribution in [0.15, 0.2) is 65.0 Å². The molecule has 0 N–H and O–H groups in total. The third-order valence-electron chi connectivity index (χ3n) is 4.73. The topological polar surface area (TPSA) is 55.2 Å². The molecule has 0 aliphatic heterocycles. The average Bonchev–Trinajstić information content (AvgIpc) is 3.17. The molecule has 27 heavy (non-hydrogen) atoms. The molecular weight excluding hydrogens is 358 g/mol. The Balaban J connectivity index is 1.46. The van der Waals surface area contributed by atoms with Crippen molar-refractivity contribution >= 4 is 38.2 Å². The van der Waals surface area contributed by atoms with E-state index in [0.29, 0.717) is 18.5 Å². The highest BCUT2D eigenvalue weighted by Gasteiger charge is 2.12. The minimum Gasteiger partial charge on any atom is -0.341 e. The number of carbonyl (C=O) groups is 1. The first-order chi connectivity index (χ1) is 13.1. The van der Waals surface area contributed by atoms with Crippen LogP contribution in [0.5, 0.6) is 0 Å². The standard InChI is InChI=1S/C21H19N3O2S/c1-23(13-16-7-4-6-15-5-2-3-8-17(15)16)19(25)9-11-24-14-22-20-18(21(24)26)10-12-27-20/h2-8,10,12,14H,9,11,13H2,1H3. The van der Waals surface area contributed by atoms with E-state index in [-0.39, 0.29) is 17.9 Å². The summed E-state index contributed by atoms with van der Waals surface area (Å²) in [4.78, 5) is 31.7. The van der Waals surface area contributed by atoms with Gasteiger partial charge < -0.3 is 4.90 Å². The monoisotopic (exact) mass is 377 g/mol. The summed E-state index contributed by atoms with van der Waals surface area (Å²) in [6.45, 7) is 0.868.